The van der Waals surface area contributed by atoms with Gasteiger partial charge in [-0.1, -0.05) is 65.2 Å². The second-order valence-corrected chi connectivity index (χ2v) is 11.3. The smallest absolute Gasteiger partial charge is 0.408 e. The van der Waals surface area contributed by atoms with Gasteiger partial charge in [-0.3, -0.25) is 14.4 Å². The number of benzene rings is 1. The third-order valence-electron chi connectivity index (χ3n) is 4.23. The van der Waals surface area contributed by atoms with Gasteiger partial charge in [-0.2, -0.15) is 0 Å². The lowest BCUT2D eigenvalue weighted by atomic mass is 10.1. The summed E-state index contributed by atoms with van der Waals surface area (Å²) in [5.41, 5.74) is 0.609. The van der Waals surface area contributed by atoms with E-state index in [-0.39, 0.29) is 19.6 Å². The van der Waals surface area contributed by atoms with Crippen molar-refractivity contribution >= 4 is 70.4 Å². The average molecular weight is 565 g/mol. The molecule has 3 amide bonds. The Morgan fingerprint density at radius 1 is 1.08 bits per heavy atom. The second-order valence-electron chi connectivity index (χ2n) is 8.79. The second kappa shape index (κ2) is 14.9. The lowest BCUT2D eigenvalue weighted by Gasteiger charge is -2.20. The minimum Gasteiger partial charge on any atom is -0.461 e. The lowest BCUT2D eigenvalue weighted by molar-refractivity contribution is -0.143. The maximum Gasteiger partial charge on any atom is 0.408 e. The van der Waals surface area contributed by atoms with Crippen molar-refractivity contribution in [2.75, 3.05) is 18.5 Å². The summed E-state index contributed by atoms with van der Waals surface area (Å²) in [6.07, 6.45) is 4.24. The minimum absolute atomic E-state index is 0.170. The molecule has 0 saturated heterocycles. The molecule has 36 heavy (non-hydrogen) atoms. The normalized spacial score (nSPS) is 12.5. The fraction of sp³-hybridized carbons (Fsp3) is 0.500. The molecule has 1 rings (SSSR count). The molecule has 0 aliphatic heterocycles. The van der Waals surface area contributed by atoms with E-state index in [2.05, 4.69) is 16.0 Å². The number of alkyl carbamates (subject to hydrolysis) is 1. The van der Waals surface area contributed by atoms with E-state index in [0.717, 1.165) is 5.56 Å². The molecule has 9 nitrogen and oxygen atoms in total. The summed E-state index contributed by atoms with van der Waals surface area (Å²) in [4.78, 5) is 47.9. The molecule has 0 bridgehead atoms. The molecule has 0 unspecified atom stereocenters. The molecule has 0 radical (unpaired) electrons. The molecule has 0 fully saturated rings. The molecule has 1 aromatic carbocycles. The number of amides is 3. The number of allylic oxidation sites excluding steroid dienone is 1. The predicted octanol–water partition coefficient (Wildman–Crippen LogP) is 4.75. The number of nitrogens with one attached hydrogen (secondary N) is 3. The first-order chi connectivity index (χ1) is 16.7. The van der Waals surface area contributed by atoms with Crippen LogP contribution < -0.4 is 16.0 Å². The number of halogens is 3. The van der Waals surface area contributed by atoms with Crippen molar-refractivity contribution in [2.45, 2.75) is 62.4 Å². The van der Waals surface area contributed by atoms with Gasteiger partial charge >= 0.3 is 12.1 Å². The van der Waals surface area contributed by atoms with Crippen LogP contribution in [0.5, 0.6) is 0 Å². The molecule has 1 aromatic rings. The van der Waals surface area contributed by atoms with Crippen molar-refractivity contribution in [3.8, 4) is 0 Å². The number of rotatable bonds is 11. The van der Waals surface area contributed by atoms with E-state index in [9.17, 15) is 19.2 Å². The van der Waals surface area contributed by atoms with Gasteiger partial charge in [0.25, 0.3) is 0 Å². The molecule has 0 aliphatic carbocycles. The van der Waals surface area contributed by atoms with Crippen molar-refractivity contribution in [3.63, 3.8) is 0 Å². The zero-order valence-corrected chi connectivity index (χ0v) is 22.9. The van der Waals surface area contributed by atoms with Crippen LogP contribution in [0.2, 0.25) is 0 Å². The Balaban J connectivity index is 2.51. The van der Waals surface area contributed by atoms with E-state index in [1.807, 2.05) is 24.3 Å². The quantitative estimate of drug-likeness (QED) is 0.202. The topological polar surface area (TPSA) is 123 Å². The number of esters is 1. The van der Waals surface area contributed by atoms with E-state index in [1.165, 1.54) is 6.92 Å². The summed E-state index contributed by atoms with van der Waals surface area (Å²) in [5.74, 6) is -1.43. The summed E-state index contributed by atoms with van der Waals surface area (Å²) in [7, 11) is 0. The molecular formula is C24H32Cl3N3O6. The molecule has 0 spiro atoms. The Morgan fingerprint density at radius 3 is 2.39 bits per heavy atom. The fourth-order valence-corrected chi connectivity index (χ4v) is 2.79. The summed E-state index contributed by atoms with van der Waals surface area (Å²) < 4.78 is 8.29. The van der Waals surface area contributed by atoms with Gasteiger partial charge in [-0.05, 0) is 52.2 Å². The number of hydrogen-bond donors (Lipinski definition) is 3. The van der Waals surface area contributed by atoms with E-state index in [1.54, 1.807) is 32.9 Å². The third-order valence-corrected chi connectivity index (χ3v) is 4.55. The Labute approximate surface area is 226 Å². The van der Waals surface area contributed by atoms with Crippen LogP contribution in [-0.2, 0) is 23.9 Å². The summed E-state index contributed by atoms with van der Waals surface area (Å²) in [5, 5.41) is 7.63. The van der Waals surface area contributed by atoms with E-state index >= 15 is 0 Å². The van der Waals surface area contributed by atoms with Crippen LogP contribution in [0.4, 0.5) is 10.5 Å². The zero-order valence-electron chi connectivity index (χ0n) is 20.7. The average Bonchev–Trinajstić information content (AvgIpc) is 2.75. The highest BCUT2D eigenvalue weighted by atomic mass is 35.6. The number of carbonyl (C=O) groups is 4. The first-order valence-electron chi connectivity index (χ1n) is 11.2. The molecule has 0 aromatic heterocycles. The van der Waals surface area contributed by atoms with Crippen LogP contribution in [0.3, 0.4) is 0 Å². The van der Waals surface area contributed by atoms with Gasteiger partial charge in [0.2, 0.25) is 15.6 Å². The summed E-state index contributed by atoms with van der Waals surface area (Å²) >= 11 is 16.6. The lowest BCUT2D eigenvalue weighted by Crippen LogP contribution is -2.46. The van der Waals surface area contributed by atoms with E-state index < -0.39 is 39.3 Å². The number of anilines is 1. The van der Waals surface area contributed by atoms with E-state index in [0.29, 0.717) is 18.5 Å². The molecule has 1 atom stereocenters. The summed E-state index contributed by atoms with van der Waals surface area (Å²) in [6, 6.07) is 6.27. The third kappa shape index (κ3) is 14.8. The van der Waals surface area contributed by atoms with Crippen molar-refractivity contribution in [1.82, 2.24) is 10.6 Å². The molecule has 0 saturated carbocycles. The molecule has 0 aliphatic rings. The zero-order chi connectivity index (χ0) is 27.4. The number of hydrogen-bond acceptors (Lipinski definition) is 6. The SMILES string of the molecule is C[C@@H](NC(=O)CNC(=O)OC(C)(C)C)C(=O)Nc1ccccc1/C=C/CCCC(=O)OCC(Cl)(Cl)Cl. The Morgan fingerprint density at radius 2 is 1.75 bits per heavy atom. The molecular weight excluding hydrogens is 533 g/mol. The van der Waals surface area contributed by atoms with Gasteiger partial charge in [0, 0.05) is 12.1 Å². The van der Waals surface area contributed by atoms with Gasteiger partial charge in [0.05, 0.1) is 0 Å². The monoisotopic (exact) mass is 563 g/mol. The maximum absolute atomic E-state index is 12.6. The Bertz CT molecular complexity index is 942. The minimum atomic E-state index is -1.64. The van der Waals surface area contributed by atoms with Gasteiger partial charge < -0.3 is 25.4 Å². The van der Waals surface area contributed by atoms with Gasteiger partial charge in [-0.15, -0.1) is 0 Å². The highest BCUT2D eigenvalue weighted by molar-refractivity contribution is 6.67. The van der Waals surface area contributed by atoms with Crippen LogP contribution in [0.15, 0.2) is 30.3 Å². The van der Waals surface area contributed by atoms with Crippen LogP contribution in [-0.4, -0.2) is 52.5 Å². The predicted molar refractivity (Wildman–Crippen MR) is 141 cm³/mol. The number of alkyl halides is 3. The van der Waals surface area contributed by atoms with Crippen LogP contribution in [0.1, 0.15) is 52.5 Å². The Kier molecular flexibility index (Phi) is 13.1. The Hall–Kier alpha value is -2.49. The first-order valence-corrected chi connectivity index (χ1v) is 12.3. The van der Waals surface area contributed by atoms with Gasteiger partial charge in [0.15, 0.2) is 0 Å². The summed E-state index contributed by atoms with van der Waals surface area (Å²) in [6.45, 7) is 6.01. The fourth-order valence-electron chi connectivity index (χ4n) is 2.63. The van der Waals surface area contributed by atoms with Crippen molar-refractivity contribution in [1.29, 1.82) is 0 Å². The number of unbranched alkanes of at least 4 members (excludes halogenated alkanes) is 1. The van der Waals surface area contributed by atoms with Crippen LogP contribution in [0, 0.1) is 0 Å². The largest absolute Gasteiger partial charge is 0.461 e. The van der Waals surface area contributed by atoms with Gasteiger partial charge in [0.1, 0.15) is 24.8 Å². The molecule has 200 valence electrons. The first kappa shape index (κ1) is 31.5. The molecule has 12 heteroatoms. The highest BCUT2D eigenvalue weighted by Gasteiger charge is 2.22. The molecule has 0 heterocycles. The van der Waals surface area contributed by atoms with Crippen LogP contribution in [0.25, 0.3) is 6.08 Å². The number of carbonyl (C=O) groups excluding carboxylic acids is 4. The number of para-hydroxylation sites is 1. The van der Waals surface area contributed by atoms with Gasteiger partial charge in [-0.25, -0.2) is 4.79 Å². The standard InChI is InChI=1S/C24H32Cl3N3O6/c1-16(29-19(31)14-28-22(34)36-23(2,3)4)21(33)30-18-12-9-8-11-17(18)10-6-5-7-13-20(32)35-15-24(25,26)27/h6,8-12,16H,5,7,13-15H2,1-4H3,(H,28,34)(H,29,31)(H,30,33)/b10-6+/t16-/m1/s1. The van der Waals surface area contributed by atoms with E-state index in [4.69, 9.17) is 44.3 Å². The molecule has 3 N–H and O–H groups in total. The van der Waals surface area contributed by atoms with Crippen molar-refractivity contribution in [3.05, 3.63) is 35.9 Å². The maximum atomic E-state index is 12.6. The van der Waals surface area contributed by atoms with Crippen molar-refractivity contribution < 1.29 is 28.7 Å². The van der Waals surface area contributed by atoms with Crippen LogP contribution >= 0.6 is 34.8 Å². The van der Waals surface area contributed by atoms with Crippen molar-refractivity contribution in [2.24, 2.45) is 0 Å². The number of ether oxygens (including phenoxy) is 2. The highest BCUT2D eigenvalue weighted by Crippen LogP contribution is 2.26.